The summed E-state index contributed by atoms with van der Waals surface area (Å²) in [6, 6.07) is 9.28. The van der Waals surface area contributed by atoms with Crippen LogP contribution in [0.15, 0.2) is 35.2 Å². The molecule has 0 saturated heterocycles. The van der Waals surface area contributed by atoms with Crippen molar-refractivity contribution >= 4 is 26.8 Å². The molecule has 5 nitrogen and oxygen atoms in total. The minimum absolute atomic E-state index is 0.0493. The molecule has 0 aromatic heterocycles. The number of aryl methyl sites for hydroxylation is 2. The van der Waals surface area contributed by atoms with Crippen LogP contribution in [0.25, 0.3) is 10.8 Å². The monoisotopic (exact) mass is 319 g/mol. The zero-order chi connectivity index (χ0) is 15.7. The summed E-state index contributed by atoms with van der Waals surface area (Å²) in [5.74, 6) is -0.926. The molecule has 116 valence electrons. The minimum Gasteiger partial charge on any atom is -0.481 e. The molecule has 1 aliphatic rings. The summed E-state index contributed by atoms with van der Waals surface area (Å²) in [6.45, 7) is 0.123. The van der Waals surface area contributed by atoms with Crippen LogP contribution in [0, 0.1) is 0 Å². The van der Waals surface area contributed by atoms with Gasteiger partial charge in [-0.15, -0.1) is 0 Å². The summed E-state index contributed by atoms with van der Waals surface area (Å²) >= 11 is 0. The predicted octanol–water partition coefficient (Wildman–Crippen LogP) is 2.08. The number of carbonyl (C=O) groups is 1. The van der Waals surface area contributed by atoms with E-state index in [0.717, 1.165) is 23.6 Å². The molecule has 0 saturated carbocycles. The Labute approximate surface area is 129 Å². The highest BCUT2D eigenvalue weighted by Crippen LogP contribution is 2.34. The number of carboxylic acid groups (broad SMARTS) is 1. The van der Waals surface area contributed by atoms with Crippen LogP contribution in [-0.2, 0) is 27.7 Å². The molecule has 0 heterocycles. The lowest BCUT2D eigenvalue weighted by molar-refractivity contribution is -0.137. The van der Waals surface area contributed by atoms with Gasteiger partial charge in [-0.25, -0.2) is 13.1 Å². The van der Waals surface area contributed by atoms with Crippen LogP contribution < -0.4 is 4.72 Å². The molecule has 22 heavy (non-hydrogen) atoms. The second-order valence-corrected chi connectivity index (χ2v) is 7.19. The number of nitrogens with one attached hydrogen (secondary N) is 1. The number of benzene rings is 2. The van der Waals surface area contributed by atoms with Crippen molar-refractivity contribution in [2.24, 2.45) is 0 Å². The van der Waals surface area contributed by atoms with E-state index in [1.165, 1.54) is 11.1 Å². The van der Waals surface area contributed by atoms with Gasteiger partial charge in [-0.1, -0.05) is 24.3 Å². The first kappa shape index (κ1) is 15.0. The Balaban J connectivity index is 1.92. The van der Waals surface area contributed by atoms with Crippen LogP contribution >= 0.6 is 0 Å². The third-order valence-electron chi connectivity index (χ3n) is 3.99. The Morgan fingerprint density at radius 2 is 1.86 bits per heavy atom. The van der Waals surface area contributed by atoms with Crippen molar-refractivity contribution in [3.8, 4) is 0 Å². The zero-order valence-electron chi connectivity index (χ0n) is 12.0. The summed E-state index contributed by atoms with van der Waals surface area (Å²) in [7, 11) is -3.63. The molecule has 2 aromatic rings. The third kappa shape index (κ3) is 2.71. The maximum Gasteiger partial charge on any atom is 0.303 e. The van der Waals surface area contributed by atoms with Crippen LogP contribution in [0.5, 0.6) is 0 Å². The van der Waals surface area contributed by atoms with Crippen molar-refractivity contribution in [2.45, 2.75) is 30.6 Å². The van der Waals surface area contributed by atoms with Gasteiger partial charge in [0.05, 0.1) is 4.90 Å². The van der Waals surface area contributed by atoms with E-state index >= 15 is 0 Å². The Bertz CT molecular complexity index is 832. The van der Waals surface area contributed by atoms with Crippen LogP contribution in [0.4, 0.5) is 0 Å². The zero-order valence-corrected chi connectivity index (χ0v) is 12.8. The fourth-order valence-corrected chi connectivity index (χ4v) is 4.25. The summed E-state index contributed by atoms with van der Waals surface area (Å²) in [4.78, 5) is 10.7. The van der Waals surface area contributed by atoms with E-state index in [4.69, 9.17) is 5.11 Å². The van der Waals surface area contributed by atoms with Gasteiger partial charge in [0.15, 0.2) is 0 Å². The lowest BCUT2D eigenvalue weighted by Crippen LogP contribution is -2.25. The van der Waals surface area contributed by atoms with E-state index in [1.807, 2.05) is 24.3 Å². The van der Waals surface area contributed by atoms with E-state index in [-0.39, 0.29) is 24.3 Å². The highest BCUT2D eigenvalue weighted by molar-refractivity contribution is 7.89. The number of carboxylic acids is 1. The van der Waals surface area contributed by atoms with Crippen molar-refractivity contribution in [2.75, 3.05) is 6.54 Å². The van der Waals surface area contributed by atoms with E-state index in [0.29, 0.717) is 0 Å². The Morgan fingerprint density at radius 1 is 1.14 bits per heavy atom. The Kier molecular flexibility index (Phi) is 3.88. The summed E-state index contributed by atoms with van der Waals surface area (Å²) in [6.07, 6.45) is 2.12. The first-order valence-electron chi connectivity index (χ1n) is 7.24. The summed E-state index contributed by atoms with van der Waals surface area (Å²) in [5, 5.41) is 10.4. The predicted molar refractivity (Wildman–Crippen MR) is 83.4 cm³/mol. The minimum atomic E-state index is -3.63. The maximum absolute atomic E-state index is 12.5. The van der Waals surface area contributed by atoms with Gasteiger partial charge in [0.25, 0.3) is 0 Å². The van der Waals surface area contributed by atoms with Gasteiger partial charge in [-0.3, -0.25) is 4.79 Å². The van der Waals surface area contributed by atoms with Crippen molar-refractivity contribution < 1.29 is 18.3 Å². The van der Waals surface area contributed by atoms with Gasteiger partial charge < -0.3 is 5.11 Å². The van der Waals surface area contributed by atoms with E-state index in [9.17, 15) is 13.2 Å². The van der Waals surface area contributed by atoms with Gasteiger partial charge in [0.1, 0.15) is 0 Å². The standard InChI is InChI=1S/C16H17NO4S/c18-15(19)5-2-10-17-22(20,21)14-9-8-12-7-6-11-3-1-4-13(14)16(11)12/h1,3-4,8-9,17H,2,5-7,10H2,(H,18,19). The molecular weight excluding hydrogens is 302 g/mol. The number of sulfonamides is 1. The molecule has 0 unspecified atom stereocenters. The Hall–Kier alpha value is -1.92. The molecule has 0 bridgehead atoms. The number of aliphatic carboxylic acids is 1. The number of rotatable bonds is 6. The molecule has 2 N–H and O–H groups in total. The van der Waals surface area contributed by atoms with Crippen LogP contribution in [0.2, 0.25) is 0 Å². The molecule has 0 atom stereocenters. The first-order valence-corrected chi connectivity index (χ1v) is 8.72. The first-order chi connectivity index (χ1) is 10.5. The van der Waals surface area contributed by atoms with Crippen molar-refractivity contribution in [1.82, 2.24) is 4.72 Å². The van der Waals surface area contributed by atoms with Gasteiger partial charge in [-0.05, 0) is 41.8 Å². The second-order valence-electron chi connectivity index (χ2n) is 5.46. The summed E-state index contributed by atoms with van der Waals surface area (Å²) < 4.78 is 27.4. The molecule has 6 heteroatoms. The smallest absolute Gasteiger partial charge is 0.303 e. The molecule has 0 amide bonds. The second kappa shape index (κ2) is 5.70. The highest BCUT2D eigenvalue weighted by atomic mass is 32.2. The maximum atomic E-state index is 12.5. The molecule has 2 aromatic carbocycles. The molecular formula is C16H17NO4S. The SMILES string of the molecule is O=C(O)CCCNS(=O)(=O)c1ccc2c3c(cccc13)CC2. The largest absolute Gasteiger partial charge is 0.481 e. The fraction of sp³-hybridized carbons (Fsp3) is 0.312. The topological polar surface area (TPSA) is 83.5 Å². The molecule has 3 rings (SSSR count). The highest BCUT2D eigenvalue weighted by Gasteiger charge is 2.22. The number of hydrogen-bond donors (Lipinski definition) is 2. The van der Waals surface area contributed by atoms with Gasteiger partial charge >= 0.3 is 5.97 Å². The van der Waals surface area contributed by atoms with Crippen LogP contribution in [-0.4, -0.2) is 26.0 Å². The van der Waals surface area contributed by atoms with Crippen molar-refractivity contribution in [3.63, 3.8) is 0 Å². The quantitative estimate of drug-likeness (QED) is 0.799. The van der Waals surface area contributed by atoms with E-state index in [1.54, 1.807) is 6.07 Å². The normalized spacial score (nSPS) is 13.6. The average molecular weight is 319 g/mol. The van der Waals surface area contributed by atoms with Crippen molar-refractivity contribution in [3.05, 3.63) is 41.5 Å². The van der Waals surface area contributed by atoms with E-state index < -0.39 is 16.0 Å². The molecule has 0 aliphatic heterocycles. The van der Waals surface area contributed by atoms with Gasteiger partial charge in [0.2, 0.25) is 10.0 Å². The molecule has 1 aliphatic carbocycles. The van der Waals surface area contributed by atoms with Crippen LogP contribution in [0.1, 0.15) is 24.0 Å². The summed E-state index contributed by atoms with van der Waals surface area (Å²) in [5.41, 5.74) is 2.38. The number of hydrogen-bond acceptors (Lipinski definition) is 3. The molecule has 0 spiro atoms. The fourth-order valence-electron chi connectivity index (χ4n) is 2.98. The average Bonchev–Trinajstić information content (AvgIpc) is 2.89. The van der Waals surface area contributed by atoms with Gasteiger partial charge in [0, 0.05) is 18.4 Å². The Morgan fingerprint density at radius 3 is 2.59 bits per heavy atom. The lowest BCUT2D eigenvalue weighted by Gasteiger charge is -2.11. The van der Waals surface area contributed by atoms with Crippen molar-refractivity contribution in [1.29, 1.82) is 0 Å². The van der Waals surface area contributed by atoms with Crippen LogP contribution in [0.3, 0.4) is 0 Å². The third-order valence-corrected chi connectivity index (χ3v) is 5.51. The molecule has 0 fully saturated rings. The van der Waals surface area contributed by atoms with E-state index in [2.05, 4.69) is 4.72 Å². The lowest BCUT2D eigenvalue weighted by atomic mass is 10.1. The molecule has 0 radical (unpaired) electrons. The van der Waals surface area contributed by atoms with Gasteiger partial charge in [-0.2, -0.15) is 0 Å².